The second-order valence-electron chi connectivity index (χ2n) is 10.4. The van der Waals surface area contributed by atoms with Crippen LogP contribution in [0.4, 0.5) is 0 Å². The fourth-order valence-electron chi connectivity index (χ4n) is 5.83. The average molecular weight is 560 g/mol. The third-order valence-electron chi connectivity index (χ3n) is 7.87. The van der Waals surface area contributed by atoms with Crippen LogP contribution in [0.5, 0.6) is 0 Å². The van der Waals surface area contributed by atoms with Gasteiger partial charge < -0.3 is 13.9 Å². The van der Waals surface area contributed by atoms with E-state index in [2.05, 4.69) is 53.6 Å². The SMILES string of the molecule is C=Cn1c(C(/C(C#N)=C(/O/C(=C\C#N)c2ccccc2)c2ccccc2)c2nccn2C)cc2c1Cc1ccccc1C2. The molecule has 3 aromatic carbocycles. The normalized spacial score (nSPS) is 13.5. The van der Waals surface area contributed by atoms with Crippen LogP contribution in [0, 0.1) is 22.7 Å². The van der Waals surface area contributed by atoms with Crippen LogP contribution in [0.25, 0.3) is 17.7 Å². The summed E-state index contributed by atoms with van der Waals surface area (Å²) < 4.78 is 10.6. The zero-order valence-corrected chi connectivity index (χ0v) is 23.8. The van der Waals surface area contributed by atoms with E-state index in [1.54, 1.807) is 6.20 Å². The van der Waals surface area contributed by atoms with Crippen molar-refractivity contribution in [3.8, 4) is 12.1 Å². The smallest absolute Gasteiger partial charge is 0.149 e. The number of aromatic nitrogens is 3. The van der Waals surface area contributed by atoms with E-state index in [1.165, 1.54) is 22.8 Å². The molecule has 5 aromatic rings. The van der Waals surface area contributed by atoms with Crippen molar-refractivity contribution in [1.29, 1.82) is 10.5 Å². The van der Waals surface area contributed by atoms with Crippen LogP contribution in [0.15, 0.2) is 122 Å². The van der Waals surface area contributed by atoms with Gasteiger partial charge in [0.1, 0.15) is 17.3 Å². The van der Waals surface area contributed by atoms with Gasteiger partial charge in [-0.05, 0) is 29.2 Å². The van der Waals surface area contributed by atoms with Crippen molar-refractivity contribution in [3.05, 3.63) is 167 Å². The fraction of sp³-hybridized carbons (Fsp3) is 0.108. The third-order valence-corrected chi connectivity index (χ3v) is 7.87. The minimum absolute atomic E-state index is 0.349. The molecule has 6 heteroatoms. The molecule has 0 saturated heterocycles. The summed E-state index contributed by atoms with van der Waals surface area (Å²) in [5, 5.41) is 20.6. The second-order valence-corrected chi connectivity index (χ2v) is 10.4. The Morgan fingerprint density at radius 1 is 0.907 bits per heavy atom. The number of hydrogen-bond donors (Lipinski definition) is 0. The lowest BCUT2D eigenvalue weighted by atomic mass is 9.89. The number of hydrogen-bond acceptors (Lipinski definition) is 4. The molecule has 1 aliphatic carbocycles. The van der Waals surface area contributed by atoms with E-state index in [9.17, 15) is 10.5 Å². The van der Waals surface area contributed by atoms with Gasteiger partial charge >= 0.3 is 0 Å². The molecule has 6 nitrogen and oxygen atoms in total. The van der Waals surface area contributed by atoms with Crippen LogP contribution in [-0.2, 0) is 24.6 Å². The molecule has 0 spiro atoms. The molecule has 1 unspecified atom stereocenters. The number of imidazole rings is 1. The minimum atomic E-state index is -0.592. The van der Waals surface area contributed by atoms with Crippen molar-refractivity contribution >= 4 is 17.7 Å². The summed E-state index contributed by atoms with van der Waals surface area (Å²) in [5.41, 5.74) is 7.62. The first kappa shape index (κ1) is 27.3. The van der Waals surface area contributed by atoms with Gasteiger partial charge in [-0.1, -0.05) is 91.5 Å². The Morgan fingerprint density at radius 3 is 2.16 bits per heavy atom. The highest BCUT2D eigenvalue weighted by molar-refractivity contribution is 5.76. The van der Waals surface area contributed by atoms with Crippen molar-refractivity contribution < 1.29 is 4.74 Å². The Kier molecular flexibility index (Phi) is 7.59. The van der Waals surface area contributed by atoms with Gasteiger partial charge in [0, 0.05) is 54.6 Å². The number of nitrogens with zero attached hydrogens (tertiary/aromatic N) is 5. The van der Waals surface area contributed by atoms with Crippen LogP contribution in [0.3, 0.4) is 0 Å². The molecule has 0 fully saturated rings. The quantitative estimate of drug-likeness (QED) is 0.143. The van der Waals surface area contributed by atoms with Gasteiger partial charge in [-0.3, -0.25) is 0 Å². The molecule has 1 atom stereocenters. The molecule has 208 valence electrons. The number of ether oxygens (including phenoxy) is 1. The molecule has 2 heterocycles. The van der Waals surface area contributed by atoms with Crippen LogP contribution >= 0.6 is 0 Å². The largest absolute Gasteiger partial charge is 0.454 e. The fourth-order valence-corrected chi connectivity index (χ4v) is 5.83. The number of aryl methyl sites for hydroxylation is 1. The van der Waals surface area contributed by atoms with Crippen molar-refractivity contribution in [2.24, 2.45) is 7.05 Å². The molecular formula is C37H29N5O. The van der Waals surface area contributed by atoms with E-state index in [-0.39, 0.29) is 0 Å². The number of fused-ring (bicyclic) bond motifs is 2. The number of rotatable bonds is 8. The lowest BCUT2D eigenvalue weighted by Crippen LogP contribution is -2.16. The van der Waals surface area contributed by atoms with E-state index in [1.807, 2.05) is 84.7 Å². The van der Waals surface area contributed by atoms with Crippen molar-refractivity contribution in [2.75, 3.05) is 0 Å². The summed E-state index contributed by atoms with van der Waals surface area (Å²) >= 11 is 0. The summed E-state index contributed by atoms with van der Waals surface area (Å²) in [7, 11) is 1.93. The van der Waals surface area contributed by atoms with Crippen molar-refractivity contribution in [1.82, 2.24) is 14.1 Å². The molecule has 6 rings (SSSR count). The highest BCUT2D eigenvalue weighted by atomic mass is 16.5. The Morgan fingerprint density at radius 2 is 1.56 bits per heavy atom. The summed E-state index contributed by atoms with van der Waals surface area (Å²) in [4.78, 5) is 4.74. The lowest BCUT2D eigenvalue weighted by Gasteiger charge is -2.23. The Labute approximate surface area is 251 Å². The van der Waals surface area contributed by atoms with Crippen LogP contribution < -0.4 is 0 Å². The van der Waals surface area contributed by atoms with Gasteiger partial charge in [-0.15, -0.1) is 0 Å². The first-order chi connectivity index (χ1) is 21.1. The predicted octanol–water partition coefficient (Wildman–Crippen LogP) is 7.47. The number of allylic oxidation sites excluding steroid dienone is 2. The summed E-state index contributed by atoms with van der Waals surface area (Å²) in [6.07, 6.45) is 8.36. The molecular weight excluding hydrogens is 530 g/mol. The zero-order chi connectivity index (χ0) is 29.8. The van der Waals surface area contributed by atoms with Crippen molar-refractivity contribution in [2.45, 2.75) is 18.8 Å². The first-order valence-corrected chi connectivity index (χ1v) is 14.0. The van der Waals surface area contributed by atoms with E-state index in [4.69, 9.17) is 9.72 Å². The van der Waals surface area contributed by atoms with E-state index >= 15 is 0 Å². The van der Waals surface area contributed by atoms with E-state index in [0.29, 0.717) is 28.5 Å². The zero-order valence-electron chi connectivity index (χ0n) is 23.8. The minimum Gasteiger partial charge on any atom is -0.454 e. The van der Waals surface area contributed by atoms with Crippen molar-refractivity contribution in [3.63, 3.8) is 0 Å². The van der Waals surface area contributed by atoms with Gasteiger partial charge in [0.15, 0.2) is 0 Å². The number of benzene rings is 3. The first-order valence-electron chi connectivity index (χ1n) is 14.0. The topological polar surface area (TPSA) is 79.6 Å². The maximum atomic E-state index is 11.0. The average Bonchev–Trinajstić information content (AvgIpc) is 3.63. The Balaban J connectivity index is 1.60. The van der Waals surface area contributed by atoms with E-state index in [0.717, 1.165) is 29.8 Å². The molecule has 43 heavy (non-hydrogen) atoms. The summed E-state index contributed by atoms with van der Waals surface area (Å²) in [6.45, 7) is 4.17. The Bertz CT molecular complexity index is 1950. The van der Waals surface area contributed by atoms with Crippen LogP contribution in [-0.4, -0.2) is 14.1 Å². The molecule has 0 bridgehead atoms. The summed E-state index contributed by atoms with van der Waals surface area (Å²) in [6, 6.07) is 34.3. The highest BCUT2D eigenvalue weighted by Crippen LogP contribution is 2.41. The molecule has 0 amide bonds. The monoisotopic (exact) mass is 559 g/mol. The standard InChI is InChI=1S/C37H29N5O/c1-3-42-32-23-29-17-11-10-16-28(29)22-30(32)24-33(42)35(37-40-20-21-41(37)2)31(25-39)36(27-14-8-5-9-15-27)43-34(18-19-38)26-12-6-4-7-13-26/h3-18,20-21,24,35H,1,22-23H2,2H3/b34-18-,36-31+. The van der Waals surface area contributed by atoms with Crippen LogP contribution in [0.1, 0.15) is 50.9 Å². The second kappa shape index (κ2) is 11.9. The highest BCUT2D eigenvalue weighted by Gasteiger charge is 2.33. The maximum Gasteiger partial charge on any atom is 0.149 e. The molecule has 0 radical (unpaired) electrons. The van der Waals surface area contributed by atoms with Gasteiger partial charge in [-0.2, -0.15) is 10.5 Å². The van der Waals surface area contributed by atoms with Gasteiger partial charge in [0.2, 0.25) is 0 Å². The van der Waals surface area contributed by atoms with Gasteiger partial charge in [0.05, 0.1) is 29.7 Å². The summed E-state index contributed by atoms with van der Waals surface area (Å²) in [5.74, 6) is 0.808. The van der Waals surface area contributed by atoms with Gasteiger partial charge in [0.25, 0.3) is 0 Å². The lowest BCUT2D eigenvalue weighted by molar-refractivity contribution is 0.465. The molecule has 2 aromatic heterocycles. The molecule has 0 saturated carbocycles. The van der Waals surface area contributed by atoms with Crippen LogP contribution in [0.2, 0.25) is 0 Å². The Hall–Kier alpha value is -5.85. The molecule has 0 aliphatic heterocycles. The predicted molar refractivity (Wildman–Crippen MR) is 168 cm³/mol. The maximum absolute atomic E-state index is 11.0. The molecule has 0 N–H and O–H groups in total. The number of nitriles is 2. The molecule has 1 aliphatic rings. The van der Waals surface area contributed by atoms with E-state index < -0.39 is 5.92 Å². The third kappa shape index (κ3) is 5.19. The van der Waals surface area contributed by atoms with Gasteiger partial charge in [-0.25, -0.2) is 4.98 Å².